The maximum absolute atomic E-state index is 7.12. The Morgan fingerprint density at radius 2 is 2.70 bits per heavy atom. The summed E-state index contributed by atoms with van der Waals surface area (Å²) in [6.45, 7) is -2.18. The van der Waals surface area contributed by atoms with Gasteiger partial charge in [0.15, 0.2) is 5.65 Å². The fraction of sp³-hybridized carbons (Fsp3) is 0.143. The molecule has 0 aliphatic heterocycles. The maximum atomic E-state index is 7.12. The van der Waals surface area contributed by atoms with Crippen LogP contribution in [0.15, 0.2) is 18.5 Å². The lowest BCUT2D eigenvalue weighted by atomic mass is 10.4. The van der Waals surface area contributed by atoms with Gasteiger partial charge in [-0.1, -0.05) is 0 Å². The molecule has 0 spiro atoms. The van der Waals surface area contributed by atoms with Crippen molar-refractivity contribution in [2.45, 2.75) is 6.85 Å². The summed E-state index contributed by atoms with van der Waals surface area (Å²) in [5.74, 6) is 0. The molecule has 3 nitrogen and oxygen atoms in total. The highest BCUT2D eigenvalue weighted by atomic mass is 14.9. The van der Waals surface area contributed by atoms with Gasteiger partial charge in [0.1, 0.15) is 5.52 Å². The standard InChI is InChI=1S/C7H7N3/c1-5-4-9-7-6(10-5)2-3-8-7/h2-4H,1H3,(H,8,9)/i1D3. The van der Waals surface area contributed by atoms with Crippen LogP contribution in [0.2, 0.25) is 0 Å². The fourth-order valence-electron chi connectivity index (χ4n) is 0.830. The van der Waals surface area contributed by atoms with Gasteiger partial charge in [-0.2, -0.15) is 0 Å². The number of nitrogens with one attached hydrogen (secondary N) is 1. The molecule has 0 unspecified atom stereocenters. The molecule has 2 aromatic rings. The van der Waals surface area contributed by atoms with Gasteiger partial charge in [0.05, 0.1) is 11.9 Å². The minimum absolute atomic E-state index is 0.0274. The molecule has 0 atom stereocenters. The second kappa shape index (κ2) is 1.80. The van der Waals surface area contributed by atoms with Gasteiger partial charge in [0, 0.05) is 10.3 Å². The van der Waals surface area contributed by atoms with Crippen molar-refractivity contribution < 1.29 is 4.11 Å². The molecule has 0 amide bonds. The number of aryl methyl sites for hydroxylation is 1. The molecular formula is C7H7N3. The molecule has 0 bridgehead atoms. The van der Waals surface area contributed by atoms with Crippen LogP contribution >= 0.6 is 0 Å². The molecular weight excluding hydrogens is 126 g/mol. The first-order valence-corrected chi connectivity index (χ1v) is 2.88. The third kappa shape index (κ3) is 0.673. The second-order valence-corrected chi connectivity index (χ2v) is 1.97. The van der Waals surface area contributed by atoms with Crippen LogP contribution in [-0.4, -0.2) is 15.0 Å². The van der Waals surface area contributed by atoms with Crippen LogP contribution in [0.4, 0.5) is 0 Å². The van der Waals surface area contributed by atoms with E-state index in [0.717, 1.165) is 0 Å². The summed E-state index contributed by atoms with van der Waals surface area (Å²) in [5, 5.41) is 0. The van der Waals surface area contributed by atoms with Gasteiger partial charge in [-0.05, 0) is 12.9 Å². The summed E-state index contributed by atoms with van der Waals surface area (Å²) in [7, 11) is 0. The van der Waals surface area contributed by atoms with Crippen molar-refractivity contribution in [2.75, 3.05) is 0 Å². The van der Waals surface area contributed by atoms with E-state index in [4.69, 9.17) is 4.11 Å². The zero-order valence-corrected chi connectivity index (χ0v) is 5.13. The lowest BCUT2D eigenvalue weighted by Crippen LogP contribution is -1.83. The molecule has 0 saturated heterocycles. The third-order valence-electron chi connectivity index (χ3n) is 1.26. The Kier molecular flexibility index (Phi) is 0.566. The average Bonchev–Trinajstić information content (AvgIpc) is 2.47. The number of aromatic amines is 1. The predicted molar refractivity (Wildman–Crippen MR) is 38.6 cm³/mol. The predicted octanol–water partition coefficient (Wildman–Crippen LogP) is 1.27. The van der Waals surface area contributed by atoms with E-state index in [9.17, 15) is 0 Å². The highest BCUT2D eigenvalue weighted by Crippen LogP contribution is 2.04. The van der Waals surface area contributed by atoms with Gasteiger partial charge in [0.25, 0.3) is 0 Å². The number of H-pyrrole nitrogens is 1. The topological polar surface area (TPSA) is 41.6 Å². The maximum Gasteiger partial charge on any atom is 0.155 e. The molecule has 3 heteroatoms. The summed E-state index contributed by atoms with van der Waals surface area (Å²) in [5.41, 5.74) is 1.21. The molecule has 2 aromatic heterocycles. The number of fused-ring (bicyclic) bond motifs is 1. The van der Waals surface area contributed by atoms with Crippen LogP contribution in [0.5, 0.6) is 0 Å². The molecule has 0 fully saturated rings. The van der Waals surface area contributed by atoms with Crippen molar-refractivity contribution in [3.63, 3.8) is 0 Å². The quantitative estimate of drug-likeness (QED) is 0.592. The van der Waals surface area contributed by atoms with Crippen LogP contribution in [0, 0.1) is 6.85 Å². The molecule has 0 saturated carbocycles. The molecule has 0 aromatic carbocycles. The van der Waals surface area contributed by atoms with E-state index < -0.39 is 6.85 Å². The minimum Gasteiger partial charge on any atom is -0.345 e. The lowest BCUT2D eigenvalue weighted by molar-refractivity contribution is 1.17. The molecule has 1 N–H and O–H groups in total. The Labute approximate surface area is 62.3 Å². The highest BCUT2D eigenvalue weighted by molar-refractivity contribution is 5.69. The van der Waals surface area contributed by atoms with E-state index in [-0.39, 0.29) is 5.69 Å². The van der Waals surface area contributed by atoms with Crippen molar-refractivity contribution in [3.05, 3.63) is 24.2 Å². The molecule has 0 aliphatic rings. The van der Waals surface area contributed by atoms with E-state index in [1.54, 1.807) is 12.3 Å². The zero-order valence-electron chi connectivity index (χ0n) is 8.13. The van der Waals surface area contributed by atoms with Gasteiger partial charge in [-0.25, -0.2) is 9.97 Å². The average molecular weight is 136 g/mol. The Bertz CT molecular complexity index is 432. The van der Waals surface area contributed by atoms with Gasteiger partial charge in [-0.3, -0.25) is 0 Å². The van der Waals surface area contributed by atoms with E-state index in [2.05, 4.69) is 15.0 Å². The number of hydrogen-bond donors (Lipinski definition) is 1. The van der Waals surface area contributed by atoms with E-state index in [0.29, 0.717) is 11.2 Å². The van der Waals surface area contributed by atoms with Crippen molar-refractivity contribution >= 4 is 11.2 Å². The van der Waals surface area contributed by atoms with Crippen LogP contribution in [0.1, 0.15) is 9.81 Å². The van der Waals surface area contributed by atoms with Gasteiger partial charge < -0.3 is 4.98 Å². The van der Waals surface area contributed by atoms with Crippen molar-refractivity contribution in [1.82, 2.24) is 15.0 Å². The van der Waals surface area contributed by atoms with Crippen molar-refractivity contribution in [2.24, 2.45) is 0 Å². The molecule has 0 radical (unpaired) electrons. The molecule has 10 heavy (non-hydrogen) atoms. The third-order valence-corrected chi connectivity index (χ3v) is 1.26. The number of nitrogens with zero attached hydrogens (tertiary/aromatic N) is 2. The largest absolute Gasteiger partial charge is 0.345 e. The second-order valence-electron chi connectivity index (χ2n) is 1.97. The first-order chi connectivity index (χ1) is 6.07. The van der Waals surface area contributed by atoms with E-state index in [1.807, 2.05) is 0 Å². The fourth-order valence-corrected chi connectivity index (χ4v) is 0.830. The van der Waals surface area contributed by atoms with Crippen molar-refractivity contribution in [3.8, 4) is 0 Å². The Morgan fingerprint density at radius 3 is 3.60 bits per heavy atom. The SMILES string of the molecule is [2H]C([2H])([2H])c1cnc2[nH]ccc2n1. The molecule has 2 heterocycles. The first kappa shape index (κ1) is 3.14. The van der Waals surface area contributed by atoms with Crippen LogP contribution < -0.4 is 0 Å². The van der Waals surface area contributed by atoms with Gasteiger partial charge in [0.2, 0.25) is 0 Å². The first-order valence-electron chi connectivity index (χ1n) is 4.38. The van der Waals surface area contributed by atoms with Crippen LogP contribution in [0.25, 0.3) is 11.2 Å². The number of rotatable bonds is 0. The van der Waals surface area contributed by atoms with Gasteiger partial charge >= 0.3 is 0 Å². The Balaban J connectivity index is 2.61. The van der Waals surface area contributed by atoms with Crippen molar-refractivity contribution in [1.29, 1.82) is 0 Å². The summed E-state index contributed by atoms with van der Waals surface area (Å²) in [6, 6.07) is 1.69. The monoisotopic (exact) mass is 136 g/mol. The lowest BCUT2D eigenvalue weighted by Gasteiger charge is -1.88. The van der Waals surface area contributed by atoms with E-state index in [1.165, 1.54) is 6.20 Å². The molecule has 2 rings (SSSR count). The minimum atomic E-state index is -2.18. The Hall–Kier alpha value is -1.38. The van der Waals surface area contributed by atoms with Crippen LogP contribution in [-0.2, 0) is 0 Å². The highest BCUT2D eigenvalue weighted by Gasteiger charge is 1.94. The summed E-state index contributed by atoms with van der Waals surface area (Å²) >= 11 is 0. The van der Waals surface area contributed by atoms with Crippen LogP contribution in [0.3, 0.4) is 0 Å². The summed E-state index contributed by atoms with van der Waals surface area (Å²) < 4.78 is 21.4. The number of aromatic nitrogens is 3. The van der Waals surface area contributed by atoms with Gasteiger partial charge in [-0.15, -0.1) is 0 Å². The zero-order chi connectivity index (χ0) is 9.47. The Morgan fingerprint density at radius 1 is 1.70 bits per heavy atom. The smallest absolute Gasteiger partial charge is 0.155 e. The summed E-state index contributed by atoms with van der Waals surface area (Å²) in [6.07, 6.45) is 2.94. The molecule has 0 aliphatic carbocycles. The van der Waals surface area contributed by atoms with E-state index >= 15 is 0 Å². The molecule has 50 valence electrons. The summed E-state index contributed by atoms with van der Waals surface area (Å²) in [4.78, 5) is 10.7. The number of hydrogen-bond acceptors (Lipinski definition) is 2. The normalized spacial score (nSPS) is 16.2.